The fourth-order valence-corrected chi connectivity index (χ4v) is 2.83. The van der Waals surface area contributed by atoms with Gasteiger partial charge in [0.25, 0.3) is 0 Å². The fourth-order valence-electron chi connectivity index (χ4n) is 2.83. The minimum absolute atomic E-state index is 0.120. The molecular weight excluding hydrogens is 310 g/mol. The Hall–Kier alpha value is -2.57. The van der Waals surface area contributed by atoms with Crippen molar-refractivity contribution in [1.29, 1.82) is 0 Å². The second-order valence-electron chi connectivity index (χ2n) is 6.10. The molecule has 0 aromatic heterocycles. The van der Waals surface area contributed by atoms with Crippen LogP contribution in [-0.4, -0.2) is 41.0 Å². The molecule has 1 aliphatic rings. The van der Waals surface area contributed by atoms with Crippen molar-refractivity contribution in [2.24, 2.45) is 11.7 Å². The number of aromatic carboxylic acids is 1. The molecule has 1 aromatic rings. The number of amides is 3. The molecule has 1 aromatic carbocycles. The molecule has 1 saturated heterocycles. The van der Waals surface area contributed by atoms with E-state index in [1.165, 1.54) is 12.1 Å². The average Bonchev–Trinajstić information content (AvgIpc) is 2.58. The Labute approximate surface area is 140 Å². The monoisotopic (exact) mass is 333 g/mol. The number of nitrogens with two attached hydrogens (primary N) is 1. The van der Waals surface area contributed by atoms with Crippen molar-refractivity contribution in [2.75, 3.05) is 13.1 Å². The molecule has 4 N–H and O–H groups in total. The van der Waals surface area contributed by atoms with Gasteiger partial charge in [-0.15, -0.1) is 0 Å². The number of carbonyl (C=O) groups excluding carboxylic acids is 2. The zero-order chi connectivity index (χ0) is 17.5. The van der Waals surface area contributed by atoms with E-state index in [0.29, 0.717) is 32.0 Å². The smallest absolute Gasteiger partial charge is 0.335 e. The SMILES string of the molecule is NC(=O)CCC1CCN(C(=O)NCc2ccc(C(=O)O)cc2)CC1. The summed E-state index contributed by atoms with van der Waals surface area (Å²) in [4.78, 5) is 35.5. The summed E-state index contributed by atoms with van der Waals surface area (Å²) in [5.74, 6) is -0.793. The van der Waals surface area contributed by atoms with Gasteiger partial charge >= 0.3 is 12.0 Å². The van der Waals surface area contributed by atoms with Gasteiger partial charge in [0.15, 0.2) is 0 Å². The van der Waals surface area contributed by atoms with Crippen molar-refractivity contribution in [3.8, 4) is 0 Å². The molecule has 1 aliphatic heterocycles. The molecule has 0 radical (unpaired) electrons. The van der Waals surface area contributed by atoms with Crippen molar-refractivity contribution in [3.05, 3.63) is 35.4 Å². The Kier molecular flexibility index (Phi) is 6.17. The number of carbonyl (C=O) groups is 3. The van der Waals surface area contributed by atoms with Crippen LogP contribution in [0.4, 0.5) is 4.79 Å². The molecule has 7 nitrogen and oxygen atoms in total. The minimum atomic E-state index is -0.968. The molecule has 2 rings (SSSR count). The first kappa shape index (κ1) is 17.8. The Morgan fingerprint density at radius 3 is 2.33 bits per heavy atom. The van der Waals surface area contributed by atoms with E-state index in [0.717, 1.165) is 24.8 Å². The number of benzene rings is 1. The number of rotatable bonds is 6. The number of likely N-dealkylation sites (tertiary alicyclic amines) is 1. The summed E-state index contributed by atoms with van der Waals surface area (Å²) in [5.41, 5.74) is 6.24. The number of carboxylic acids is 1. The fraction of sp³-hybridized carbons (Fsp3) is 0.471. The summed E-state index contributed by atoms with van der Waals surface area (Å²) < 4.78 is 0. The zero-order valence-electron chi connectivity index (χ0n) is 13.5. The lowest BCUT2D eigenvalue weighted by molar-refractivity contribution is -0.118. The highest BCUT2D eigenvalue weighted by molar-refractivity contribution is 5.87. The largest absolute Gasteiger partial charge is 0.478 e. The van der Waals surface area contributed by atoms with Crippen LogP contribution < -0.4 is 11.1 Å². The van der Waals surface area contributed by atoms with Crippen LogP contribution in [0.25, 0.3) is 0 Å². The Morgan fingerprint density at radius 2 is 1.79 bits per heavy atom. The summed E-state index contributed by atoms with van der Waals surface area (Å²) in [6.45, 7) is 1.71. The van der Waals surface area contributed by atoms with E-state index in [4.69, 9.17) is 10.8 Å². The van der Waals surface area contributed by atoms with Crippen LogP contribution in [0.5, 0.6) is 0 Å². The summed E-state index contributed by atoms with van der Waals surface area (Å²) in [5, 5.41) is 11.7. The zero-order valence-corrected chi connectivity index (χ0v) is 13.5. The van der Waals surface area contributed by atoms with E-state index >= 15 is 0 Å². The molecule has 3 amide bonds. The van der Waals surface area contributed by atoms with Crippen LogP contribution in [0.2, 0.25) is 0 Å². The second-order valence-corrected chi connectivity index (χ2v) is 6.10. The number of primary amides is 1. The van der Waals surface area contributed by atoms with Crippen LogP contribution in [0.15, 0.2) is 24.3 Å². The van der Waals surface area contributed by atoms with Crippen LogP contribution >= 0.6 is 0 Å². The predicted molar refractivity (Wildman–Crippen MR) is 88.4 cm³/mol. The quantitative estimate of drug-likeness (QED) is 0.733. The van der Waals surface area contributed by atoms with E-state index in [9.17, 15) is 14.4 Å². The minimum Gasteiger partial charge on any atom is -0.478 e. The van der Waals surface area contributed by atoms with E-state index in [1.807, 2.05) is 0 Å². The van der Waals surface area contributed by atoms with Crippen molar-refractivity contribution in [2.45, 2.75) is 32.2 Å². The molecule has 1 fully saturated rings. The standard InChI is InChI=1S/C17H23N3O4/c18-15(21)6-3-12-7-9-20(10-8-12)17(24)19-11-13-1-4-14(5-2-13)16(22)23/h1-2,4-5,12H,3,6-11H2,(H2,18,21)(H,19,24)(H,22,23). The maximum atomic E-state index is 12.2. The van der Waals surface area contributed by atoms with Crippen molar-refractivity contribution < 1.29 is 19.5 Å². The Balaban J connectivity index is 1.73. The number of nitrogens with zero attached hydrogens (tertiary/aromatic N) is 1. The summed E-state index contributed by atoms with van der Waals surface area (Å²) >= 11 is 0. The summed E-state index contributed by atoms with van der Waals surface area (Å²) in [6.07, 6.45) is 2.96. The molecule has 24 heavy (non-hydrogen) atoms. The summed E-state index contributed by atoms with van der Waals surface area (Å²) in [7, 11) is 0. The van der Waals surface area contributed by atoms with E-state index in [-0.39, 0.29) is 17.5 Å². The van der Waals surface area contributed by atoms with Crippen molar-refractivity contribution in [1.82, 2.24) is 10.2 Å². The maximum Gasteiger partial charge on any atom is 0.335 e. The lowest BCUT2D eigenvalue weighted by Gasteiger charge is -2.32. The number of carboxylic acid groups (broad SMARTS) is 1. The first-order valence-corrected chi connectivity index (χ1v) is 8.09. The number of nitrogens with one attached hydrogen (secondary N) is 1. The number of piperidine rings is 1. The molecule has 7 heteroatoms. The predicted octanol–water partition coefficient (Wildman–Crippen LogP) is 1.57. The van der Waals surface area contributed by atoms with Crippen LogP contribution in [-0.2, 0) is 11.3 Å². The van der Waals surface area contributed by atoms with E-state index in [1.54, 1.807) is 17.0 Å². The van der Waals surface area contributed by atoms with Crippen LogP contribution in [0.3, 0.4) is 0 Å². The van der Waals surface area contributed by atoms with Gasteiger partial charge in [-0.05, 0) is 42.9 Å². The topological polar surface area (TPSA) is 113 Å². The van der Waals surface area contributed by atoms with Crippen molar-refractivity contribution in [3.63, 3.8) is 0 Å². The number of hydrogen-bond acceptors (Lipinski definition) is 3. The molecule has 0 aliphatic carbocycles. The highest BCUT2D eigenvalue weighted by Gasteiger charge is 2.22. The van der Waals surface area contributed by atoms with Gasteiger partial charge in [-0.3, -0.25) is 4.79 Å². The molecule has 0 saturated carbocycles. The highest BCUT2D eigenvalue weighted by Crippen LogP contribution is 2.21. The third-order valence-electron chi connectivity index (χ3n) is 4.35. The van der Waals surface area contributed by atoms with Gasteiger partial charge in [0.1, 0.15) is 0 Å². The molecular formula is C17H23N3O4. The number of hydrogen-bond donors (Lipinski definition) is 3. The highest BCUT2D eigenvalue weighted by atomic mass is 16.4. The van der Waals surface area contributed by atoms with Crippen LogP contribution in [0, 0.1) is 5.92 Å². The van der Waals surface area contributed by atoms with Gasteiger partial charge in [-0.1, -0.05) is 12.1 Å². The van der Waals surface area contributed by atoms with Gasteiger partial charge in [0.05, 0.1) is 5.56 Å². The van der Waals surface area contributed by atoms with Gasteiger partial charge in [0, 0.05) is 26.1 Å². The third kappa shape index (κ3) is 5.26. The van der Waals surface area contributed by atoms with Gasteiger partial charge in [0.2, 0.25) is 5.91 Å². The average molecular weight is 333 g/mol. The second kappa shape index (κ2) is 8.33. The van der Waals surface area contributed by atoms with E-state index < -0.39 is 5.97 Å². The Bertz CT molecular complexity index is 592. The molecule has 130 valence electrons. The Morgan fingerprint density at radius 1 is 1.17 bits per heavy atom. The third-order valence-corrected chi connectivity index (χ3v) is 4.35. The first-order chi connectivity index (χ1) is 11.5. The molecule has 0 spiro atoms. The van der Waals surface area contributed by atoms with E-state index in [2.05, 4.69) is 5.32 Å². The molecule has 0 atom stereocenters. The first-order valence-electron chi connectivity index (χ1n) is 8.09. The summed E-state index contributed by atoms with van der Waals surface area (Å²) in [6, 6.07) is 6.31. The van der Waals surface area contributed by atoms with Crippen LogP contribution in [0.1, 0.15) is 41.6 Å². The molecule has 1 heterocycles. The lowest BCUT2D eigenvalue weighted by Crippen LogP contribution is -2.44. The van der Waals surface area contributed by atoms with Crippen molar-refractivity contribution >= 4 is 17.9 Å². The molecule has 0 unspecified atom stereocenters. The van der Waals surface area contributed by atoms with Gasteiger partial charge in [-0.25, -0.2) is 9.59 Å². The van der Waals surface area contributed by atoms with Gasteiger partial charge < -0.3 is 21.1 Å². The maximum absolute atomic E-state index is 12.2. The number of urea groups is 1. The lowest BCUT2D eigenvalue weighted by atomic mass is 9.92. The normalized spacial score (nSPS) is 15.1. The molecule has 0 bridgehead atoms. The van der Waals surface area contributed by atoms with Gasteiger partial charge in [-0.2, -0.15) is 0 Å².